The molecule has 1 unspecified atom stereocenters. The van der Waals surface area contributed by atoms with Gasteiger partial charge in [-0.2, -0.15) is 0 Å². The maximum absolute atomic E-state index is 13.5. The minimum absolute atomic E-state index is 0.0344. The normalized spacial score (nSPS) is 12.2. The smallest absolute Gasteiger partial charge is 0.243 e. The summed E-state index contributed by atoms with van der Waals surface area (Å²) in [7, 11) is -2.10. The van der Waals surface area contributed by atoms with Crippen molar-refractivity contribution in [2.45, 2.75) is 58.7 Å². The quantitative estimate of drug-likeness (QED) is 0.369. The molecule has 0 bridgehead atoms. The maximum atomic E-state index is 13.5. The maximum Gasteiger partial charge on any atom is 0.243 e. The zero-order valence-electron chi connectivity index (χ0n) is 21.8. The van der Waals surface area contributed by atoms with Crippen LogP contribution in [0.5, 0.6) is 5.75 Å². The highest BCUT2D eigenvalue weighted by Gasteiger charge is 2.29. The monoisotopic (exact) mass is 571 g/mol. The predicted molar refractivity (Wildman–Crippen MR) is 149 cm³/mol. The zero-order chi connectivity index (χ0) is 27.8. The van der Waals surface area contributed by atoms with Crippen molar-refractivity contribution < 1.29 is 22.7 Å². The molecule has 11 heteroatoms. The fourth-order valence-corrected chi connectivity index (χ4v) is 5.33. The van der Waals surface area contributed by atoms with Crippen molar-refractivity contribution in [3.63, 3.8) is 0 Å². The van der Waals surface area contributed by atoms with Gasteiger partial charge in [-0.05, 0) is 56.5 Å². The average molecular weight is 573 g/mol. The van der Waals surface area contributed by atoms with Crippen LogP contribution in [0.25, 0.3) is 0 Å². The van der Waals surface area contributed by atoms with E-state index in [2.05, 4.69) is 5.32 Å². The second-order valence-corrected chi connectivity index (χ2v) is 11.7. The summed E-state index contributed by atoms with van der Waals surface area (Å²) in [6.07, 6.45) is 1.80. The van der Waals surface area contributed by atoms with Gasteiger partial charge >= 0.3 is 0 Å². The van der Waals surface area contributed by atoms with Crippen LogP contribution in [0.4, 0.5) is 5.69 Å². The molecule has 0 aromatic heterocycles. The molecule has 0 saturated carbocycles. The van der Waals surface area contributed by atoms with Crippen molar-refractivity contribution in [3.8, 4) is 5.75 Å². The molecule has 37 heavy (non-hydrogen) atoms. The Morgan fingerprint density at radius 3 is 2.38 bits per heavy atom. The molecule has 1 N–H and O–H groups in total. The Bertz CT molecular complexity index is 1190. The third-order valence-electron chi connectivity index (χ3n) is 5.67. The van der Waals surface area contributed by atoms with Crippen molar-refractivity contribution in [2.24, 2.45) is 0 Å². The first-order chi connectivity index (χ1) is 17.4. The Hall–Kier alpha value is -2.49. The van der Waals surface area contributed by atoms with Gasteiger partial charge in [0.2, 0.25) is 21.8 Å². The van der Waals surface area contributed by atoms with E-state index in [0.29, 0.717) is 33.5 Å². The van der Waals surface area contributed by atoms with Gasteiger partial charge in [-0.1, -0.05) is 42.3 Å². The highest BCUT2D eigenvalue weighted by molar-refractivity contribution is 7.92. The topological polar surface area (TPSA) is 96.0 Å². The largest absolute Gasteiger partial charge is 0.497 e. The van der Waals surface area contributed by atoms with Gasteiger partial charge < -0.3 is 15.0 Å². The minimum Gasteiger partial charge on any atom is -0.497 e. The average Bonchev–Trinajstić information content (AvgIpc) is 2.81. The number of hydrogen-bond acceptors (Lipinski definition) is 5. The summed E-state index contributed by atoms with van der Waals surface area (Å²) in [5.41, 5.74) is 1.10. The van der Waals surface area contributed by atoms with E-state index in [4.69, 9.17) is 27.9 Å². The summed E-state index contributed by atoms with van der Waals surface area (Å²) in [6, 6.07) is 10.9. The number of hydrogen-bond donors (Lipinski definition) is 1. The number of nitrogens with zero attached hydrogens (tertiary/aromatic N) is 2. The molecule has 2 amide bonds. The molecule has 0 radical (unpaired) electrons. The van der Waals surface area contributed by atoms with E-state index in [9.17, 15) is 18.0 Å². The highest BCUT2D eigenvalue weighted by atomic mass is 35.5. The van der Waals surface area contributed by atoms with Gasteiger partial charge in [0, 0.05) is 41.7 Å². The third-order valence-corrected chi connectivity index (χ3v) is 7.45. The van der Waals surface area contributed by atoms with Crippen molar-refractivity contribution in [2.75, 3.05) is 24.2 Å². The number of halogens is 2. The molecule has 0 aliphatic carbocycles. The number of rotatable bonds is 13. The van der Waals surface area contributed by atoms with E-state index in [-0.39, 0.29) is 43.8 Å². The van der Waals surface area contributed by atoms with E-state index in [1.165, 1.54) is 16.3 Å². The number of amides is 2. The molecule has 0 saturated heterocycles. The molecule has 2 aromatic rings. The molecule has 0 heterocycles. The SMILES string of the molecule is CCC(C(=O)NC(C)C)N(Cc1ccc(Cl)cc1Cl)C(=O)CCCN(c1cccc(OC)c1)S(C)(=O)=O. The van der Waals surface area contributed by atoms with Crippen LogP contribution in [0.3, 0.4) is 0 Å². The minimum atomic E-state index is -3.61. The Labute approximate surface area is 229 Å². The van der Waals surface area contributed by atoms with Crippen LogP contribution >= 0.6 is 23.2 Å². The molecular weight excluding hydrogens is 537 g/mol. The Kier molecular flexibility index (Phi) is 11.5. The van der Waals surface area contributed by atoms with Gasteiger partial charge in [0.05, 0.1) is 19.1 Å². The standard InChI is InChI=1S/C26H35Cl2N3O5S/c1-6-24(26(33)29-18(2)3)30(17-19-12-13-20(27)15-23(19)28)25(32)11-8-14-31(37(5,34)35)21-9-7-10-22(16-21)36-4/h7,9-10,12-13,15-16,18,24H,6,8,11,14,17H2,1-5H3,(H,29,33). The number of carbonyl (C=O) groups is 2. The molecular formula is C26H35Cl2N3O5S. The van der Waals surface area contributed by atoms with Gasteiger partial charge in [0.15, 0.2) is 0 Å². The van der Waals surface area contributed by atoms with E-state index < -0.39 is 16.1 Å². The second kappa shape index (κ2) is 13.9. The lowest BCUT2D eigenvalue weighted by atomic mass is 10.1. The summed E-state index contributed by atoms with van der Waals surface area (Å²) in [5.74, 6) is -0.0175. The van der Waals surface area contributed by atoms with Crippen LogP contribution in [0, 0.1) is 0 Å². The van der Waals surface area contributed by atoms with Crippen LogP contribution < -0.4 is 14.4 Å². The first-order valence-electron chi connectivity index (χ1n) is 12.0. The lowest BCUT2D eigenvalue weighted by molar-refractivity contribution is -0.141. The van der Waals surface area contributed by atoms with Crippen LogP contribution in [0.2, 0.25) is 10.0 Å². The van der Waals surface area contributed by atoms with E-state index in [0.717, 1.165) is 6.26 Å². The van der Waals surface area contributed by atoms with Crippen molar-refractivity contribution in [3.05, 3.63) is 58.1 Å². The third kappa shape index (κ3) is 9.09. The van der Waals surface area contributed by atoms with Gasteiger partial charge in [-0.15, -0.1) is 0 Å². The number of sulfonamides is 1. The van der Waals surface area contributed by atoms with Gasteiger partial charge in [0.25, 0.3) is 0 Å². The molecule has 0 fully saturated rings. The Morgan fingerprint density at radius 2 is 1.81 bits per heavy atom. The molecule has 2 aromatic carbocycles. The Morgan fingerprint density at radius 1 is 1.11 bits per heavy atom. The first-order valence-corrected chi connectivity index (χ1v) is 14.6. The van der Waals surface area contributed by atoms with E-state index in [1.54, 1.807) is 42.5 Å². The van der Waals surface area contributed by atoms with Gasteiger partial charge in [-0.3, -0.25) is 13.9 Å². The van der Waals surface area contributed by atoms with Gasteiger partial charge in [-0.25, -0.2) is 8.42 Å². The van der Waals surface area contributed by atoms with Crippen molar-refractivity contribution in [1.82, 2.24) is 10.2 Å². The summed E-state index contributed by atoms with van der Waals surface area (Å²) >= 11 is 12.4. The number of benzene rings is 2. The molecule has 0 aliphatic heterocycles. The fraction of sp³-hybridized carbons (Fsp3) is 0.462. The predicted octanol–water partition coefficient (Wildman–Crippen LogP) is 4.88. The molecule has 2 rings (SSSR count). The van der Waals surface area contributed by atoms with Crippen LogP contribution in [0.1, 0.15) is 45.6 Å². The number of methoxy groups -OCH3 is 1. The lowest BCUT2D eigenvalue weighted by Crippen LogP contribution is -2.50. The number of ether oxygens (including phenoxy) is 1. The molecule has 8 nitrogen and oxygen atoms in total. The molecule has 0 aliphatic rings. The summed E-state index contributed by atoms with van der Waals surface area (Å²) in [4.78, 5) is 27.9. The molecule has 0 spiro atoms. The second-order valence-electron chi connectivity index (χ2n) is 8.98. The molecule has 1 atom stereocenters. The van der Waals surface area contributed by atoms with Crippen molar-refractivity contribution in [1.29, 1.82) is 0 Å². The highest BCUT2D eigenvalue weighted by Crippen LogP contribution is 2.26. The first kappa shape index (κ1) is 30.7. The van der Waals surface area contributed by atoms with Crippen molar-refractivity contribution >= 4 is 50.7 Å². The van der Waals surface area contributed by atoms with Crippen LogP contribution in [-0.4, -0.2) is 57.1 Å². The summed E-state index contributed by atoms with van der Waals surface area (Å²) in [5, 5.41) is 3.74. The number of nitrogens with one attached hydrogen (secondary N) is 1. The van der Waals surface area contributed by atoms with E-state index >= 15 is 0 Å². The summed E-state index contributed by atoms with van der Waals surface area (Å²) < 4.78 is 31.5. The zero-order valence-corrected chi connectivity index (χ0v) is 24.2. The van der Waals surface area contributed by atoms with Crippen LogP contribution in [-0.2, 0) is 26.2 Å². The fourth-order valence-electron chi connectivity index (χ4n) is 3.90. The van der Waals surface area contributed by atoms with E-state index in [1.807, 2.05) is 20.8 Å². The van der Waals surface area contributed by atoms with Crippen LogP contribution in [0.15, 0.2) is 42.5 Å². The Balaban J connectivity index is 2.26. The summed E-state index contributed by atoms with van der Waals surface area (Å²) in [6.45, 7) is 5.74. The lowest BCUT2D eigenvalue weighted by Gasteiger charge is -2.32. The van der Waals surface area contributed by atoms with Gasteiger partial charge in [0.1, 0.15) is 11.8 Å². The number of anilines is 1. The number of carbonyl (C=O) groups excluding carboxylic acids is 2. The molecule has 204 valence electrons.